The first-order valence-electron chi connectivity index (χ1n) is 7.32. The van der Waals surface area contributed by atoms with E-state index in [0.717, 1.165) is 0 Å². The van der Waals surface area contributed by atoms with Crippen molar-refractivity contribution < 1.29 is 17.1 Å². The molecular formula is C18H27ClRu. The summed E-state index contributed by atoms with van der Waals surface area (Å²) in [4.78, 5) is 0. The van der Waals surface area contributed by atoms with E-state index in [1.807, 2.05) is 0 Å². The van der Waals surface area contributed by atoms with Crippen LogP contribution in [0.15, 0.2) is 43.3 Å². The summed E-state index contributed by atoms with van der Waals surface area (Å²) < 4.78 is 3.43. The van der Waals surface area contributed by atoms with Crippen molar-refractivity contribution >= 4 is 12.4 Å². The Labute approximate surface area is 138 Å². The predicted molar refractivity (Wildman–Crippen MR) is 87.8 cm³/mol. The monoisotopic (exact) mass is 380 g/mol. The van der Waals surface area contributed by atoms with E-state index in [4.69, 9.17) is 0 Å². The van der Waals surface area contributed by atoms with Gasteiger partial charge in [0.15, 0.2) is 0 Å². The molecule has 0 N–H and O–H groups in total. The average Bonchev–Trinajstić information content (AvgIpc) is 2.46. The molecule has 0 aliphatic heterocycles. The summed E-state index contributed by atoms with van der Waals surface area (Å²) in [6.45, 7) is 11.8. The fourth-order valence-corrected chi connectivity index (χ4v) is 5.72. The minimum atomic E-state index is 0. The maximum atomic E-state index is 2.41. The summed E-state index contributed by atoms with van der Waals surface area (Å²) in [7, 11) is 0. The number of rotatable bonds is 2. The van der Waals surface area contributed by atoms with Crippen LogP contribution in [0.2, 0.25) is 0 Å². The Morgan fingerprint density at radius 3 is 2.35 bits per heavy atom. The Morgan fingerprint density at radius 1 is 1.05 bits per heavy atom. The van der Waals surface area contributed by atoms with E-state index in [1.165, 1.54) is 31.3 Å². The van der Waals surface area contributed by atoms with Gasteiger partial charge in [-0.15, -0.1) is 12.4 Å². The van der Waals surface area contributed by atoms with Gasteiger partial charge in [0, 0.05) is 0 Å². The van der Waals surface area contributed by atoms with Crippen molar-refractivity contribution in [3.63, 3.8) is 0 Å². The molecule has 0 saturated heterocycles. The van der Waals surface area contributed by atoms with Crippen molar-refractivity contribution in [3.8, 4) is 0 Å². The van der Waals surface area contributed by atoms with Gasteiger partial charge in [0.05, 0.1) is 0 Å². The van der Waals surface area contributed by atoms with Crippen LogP contribution >= 0.6 is 12.4 Å². The fraction of sp³-hybridized carbons (Fsp3) is 0.556. The summed E-state index contributed by atoms with van der Waals surface area (Å²) in [6, 6.07) is 0. The van der Waals surface area contributed by atoms with Crippen LogP contribution in [0.3, 0.4) is 0 Å². The van der Waals surface area contributed by atoms with Gasteiger partial charge in [-0.25, -0.2) is 0 Å². The molecule has 2 aliphatic rings. The average molecular weight is 380 g/mol. The molecule has 0 spiro atoms. The summed E-state index contributed by atoms with van der Waals surface area (Å²) in [5, 5.41) is 0. The van der Waals surface area contributed by atoms with E-state index < -0.39 is 0 Å². The summed E-state index contributed by atoms with van der Waals surface area (Å²) in [5.41, 5.74) is 4.99. The first-order chi connectivity index (χ1) is 8.94. The zero-order valence-electron chi connectivity index (χ0n) is 13.3. The minimum absolute atomic E-state index is 0. The largest absolute Gasteiger partial charge is 0.147 e. The maximum absolute atomic E-state index is 2.41. The Hall–Kier alpha value is -0.127. The molecule has 2 aliphatic carbocycles. The second-order valence-electron chi connectivity index (χ2n) is 6.16. The van der Waals surface area contributed by atoms with E-state index in [1.54, 1.807) is 19.5 Å². The number of hydrogen-bond donors (Lipinski definition) is 0. The molecule has 0 nitrogen and oxygen atoms in total. The van der Waals surface area contributed by atoms with Crippen LogP contribution in [0.25, 0.3) is 0 Å². The Bertz CT molecular complexity index is 490. The molecule has 0 aromatic rings. The molecule has 114 valence electrons. The predicted octanol–water partition coefficient (Wildman–Crippen LogP) is 6.16. The van der Waals surface area contributed by atoms with Gasteiger partial charge in [0.1, 0.15) is 0 Å². The second-order valence-corrected chi connectivity index (χ2v) is 8.58. The molecule has 0 bridgehead atoms. The third kappa shape index (κ3) is 3.55. The van der Waals surface area contributed by atoms with Gasteiger partial charge in [-0.1, -0.05) is 0 Å². The first kappa shape index (κ1) is 17.9. The second kappa shape index (κ2) is 7.23. The van der Waals surface area contributed by atoms with Crippen molar-refractivity contribution in [2.45, 2.75) is 60.3 Å². The van der Waals surface area contributed by atoms with E-state index in [0.29, 0.717) is 5.41 Å². The molecule has 0 aromatic carbocycles. The van der Waals surface area contributed by atoms with Crippen LogP contribution in [0, 0.1) is 5.41 Å². The molecule has 0 saturated carbocycles. The number of halogens is 1. The van der Waals surface area contributed by atoms with Gasteiger partial charge in [-0.05, 0) is 0 Å². The van der Waals surface area contributed by atoms with Crippen molar-refractivity contribution in [1.82, 2.24) is 0 Å². The molecule has 0 amide bonds. The van der Waals surface area contributed by atoms with Crippen molar-refractivity contribution in [2.75, 3.05) is 0 Å². The maximum Gasteiger partial charge on any atom is -0.147 e. The number of allylic oxidation sites excluding steroid dienone is 8. The van der Waals surface area contributed by atoms with E-state index in [9.17, 15) is 0 Å². The van der Waals surface area contributed by atoms with E-state index >= 15 is 0 Å². The third-order valence-corrected chi connectivity index (χ3v) is 8.01. The summed E-state index contributed by atoms with van der Waals surface area (Å²) >= 11 is 0.239. The fourth-order valence-electron chi connectivity index (χ4n) is 2.80. The number of hydrogen-bond acceptors (Lipinski definition) is 0. The van der Waals surface area contributed by atoms with Gasteiger partial charge in [-0.2, -0.15) is 0 Å². The zero-order chi connectivity index (χ0) is 14.0. The normalized spacial score (nSPS) is 26.8. The van der Waals surface area contributed by atoms with Crippen LogP contribution in [0.5, 0.6) is 0 Å². The molecule has 2 heteroatoms. The van der Waals surface area contributed by atoms with Gasteiger partial charge < -0.3 is 0 Å². The molecular weight excluding hydrogens is 353 g/mol. The molecule has 20 heavy (non-hydrogen) atoms. The quantitative estimate of drug-likeness (QED) is 0.504. The van der Waals surface area contributed by atoms with E-state index in [2.05, 4.69) is 52.8 Å². The van der Waals surface area contributed by atoms with Crippen LogP contribution in [0.1, 0.15) is 60.3 Å². The van der Waals surface area contributed by atoms with Gasteiger partial charge in [0.2, 0.25) is 0 Å². The Balaban J connectivity index is 0.00000200. The molecule has 0 fully saturated rings. The van der Waals surface area contributed by atoms with Crippen molar-refractivity contribution in [1.29, 1.82) is 0 Å². The van der Waals surface area contributed by atoms with Gasteiger partial charge >= 0.3 is 126 Å². The molecule has 2 rings (SSSR count). The zero-order valence-corrected chi connectivity index (χ0v) is 15.9. The molecule has 0 radical (unpaired) electrons. The van der Waals surface area contributed by atoms with Crippen LogP contribution in [-0.4, -0.2) is 0 Å². The standard InChI is InChI=1S/C10H15.C8H11.ClH.Ru/c1-7-6-10(4,5)9(3)8(7)2;1-2-4-6-8-7-5-3-1;;/h1-5H3;1-3H,4,6-8H2;1H;/b;2-1-,5-3?;;. The van der Waals surface area contributed by atoms with Gasteiger partial charge in [-0.3, -0.25) is 0 Å². The minimum Gasteiger partial charge on any atom is -0.147 e. The molecule has 0 atom stereocenters. The molecule has 0 unspecified atom stereocenters. The molecule has 0 aromatic heterocycles. The third-order valence-electron chi connectivity index (χ3n) is 4.56. The van der Waals surface area contributed by atoms with Gasteiger partial charge in [0.25, 0.3) is 0 Å². The van der Waals surface area contributed by atoms with Crippen LogP contribution in [-0.2, 0) is 17.1 Å². The van der Waals surface area contributed by atoms with E-state index in [-0.39, 0.29) is 29.5 Å². The smallest absolute Gasteiger partial charge is 0.147 e. The topological polar surface area (TPSA) is 0 Å². The Kier molecular flexibility index (Phi) is 6.48. The Morgan fingerprint density at radius 2 is 1.75 bits per heavy atom. The van der Waals surface area contributed by atoms with Crippen molar-refractivity contribution in [3.05, 3.63) is 43.3 Å². The van der Waals surface area contributed by atoms with Crippen LogP contribution < -0.4 is 0 Å². The first-order valence-corrected chi connectivity index (χ1v) is 9.06. The van der Waals surface area contributed by atoms with Crippen molar-refractivity contribution in [2.24, 2.45) is 5.41 Å². The summed E-state index contributed by atoms with van der Waals surface area (Å²) in [6.07, 6.45) is 12.3. The van der Waals surface area contributed by atoms with Crippen LogP contribution in [0.4, 0.5) is 0 Å². The SMILES string of the molecule is CC1=C(C)C(C)(C)[C]([Ru]/[C]2=C/C=C\CCCC2)=C1C.Cl. The summed E-state index contributed by atoms with van der Waals surface area (Å²) in [5.74, 6) is 0. The molecule has 0 heterocycles.